The summed E-state index contributed by atoms with van der Waals surface area (Å²) in [6, 6.07) is 22.5. The van der Waals surface area contributed by atoms with E-state index in [2.05, 4.69) is 69.3 Å². The van der Waals surface area contributed by atoms with Gasteiger partial charge in [-0.1, -0.05) is 18.2 Å². The maximum absolute atomic E-state index is 5.76. The number of rotatable bonds is 5. The Morgan fingerprint density at radius 3 is 2.77 bits per heavy atom. The summed E-state index contributed by atoms with van der Waals surface area (Å²) in [5, 5.41) is 4.20. The molecule has 150 valence electrons. The number of aryl methyl sites for hydroxylation is 1. The minimum Gasteiger partial charge on any atom is -0.467 e. The standard InChI is InChI=1S/C24H22N4OS/c1-17-7-4-8-18(15-17)27-13-5-11-21(27)23-22(20-10-2-3-12-25-20)26-24(30)28(23)16-19-9-6-14-29-19/h2-15,22-23H,16H2,1H3,(H,26,30). The number of hydrogen-bond donors (Lipinski definition) is 1. The molecule has 1 fully saturated rings. The van der Waals surface area contributed by atoms with Gasteiger partial charge in [0.25, 0.3) is 0 Å². The van der Waals surface area contributed by atoms with Crippen molar-refractivity contribution in [2.45, 2.75) is 25.6 Å². The smallest absolute Gasteiger partial charge is 0.170 e. The Labute approximate surface area is 181 Å². The number of pyridine rings is 1. The van der Waals surface area contributed by atoms with Gasteiger partial charge in [-0.15, -0.1) is 0 Å². The van der Waals surface area contributed by atoms with Gasteiger partial charge < -0.3 is 19.2 Å². The van der Waals surface area contributed by atoms with Crippen LogP contribution in [0.25, 0.3) is 5.69 Å². The maximum atomic E-state index is 5.76. The van der Waals surface area contributed by atoms with E-state index in [0.717, 1.165) is 22.8 Å². The van der Waals surface area contributed by atoms with Gasteiger partial charge in [-0.25, -0.2) is 0 Å². The van der Waals surface area contributed by atoms with Gasteiger partial charge in [0.05, 0.1) is 30.6 Å². The first-order valence-electron chi connectivity index (χ1n) is 9.95. The van der Waals surface area contributed by atoms with Gasteiger partial charge in [0.15, 0.2) is 5.11 Å². The van der Waals surface area contributed by atoms with Gasteiger partial charge in [-0.05, 0) is 73.2 Å². The summed E-state index contributed by atoms with van der Waals surface area (Å²) < 4.78 is 7.86. The van der Waals surface area contributed by atoms with Gasteiger partial charge in [0.1, 0.15) is 5.76 Å². The molecule has 0 amide bonds. The molecule has 0 spiro atoms. The summed E-state index contributed by atoms with van der Waals surface area (Å²) in [4.78, 5) is 6.81. The molecule has 4 aromatic rings. The second-order valence-corrected chi connectivity index (χ2v) is 7.86. The largest absolute Gasteiger partial charge is 0.467 e. The molecular formula is C24H22N4OS. The second-order valence-electron chi connectivity index (χ2n) is 7.48. The number of furan rings is 1. The van der Waals surface area contributed by atoms with Crippen LogP contribution in [-0.2, 0) is 6.54 Å². The average Bonchev–Trinajstić information content (AvgIpc) is 3.50. The zero-order valence-corrected chi connectivity index (χ0v) is 17.4. The lowest BCUT2D eigenvalue weighted by Crippen LogP contribution is -2.29. The molecule has 0 bridgehead atoms. The summed E-state index contributed by atoms with van der Waals surface area (Å²) in [5.41, 5.74) is 4.46. The zero-order valence-electron chi connectivity index (χ0n) is 16.6. The van der Waals surface area contributed by atoms with E-state index in [1.165, 1.54) is 5.56 Å². The predicted octanol–water partition coefficient (Wildman–Crippen LogP) is 4.95. The molecule has 1 aliphatic heterocycles. The highest BCUT2D eigenvalue weighted by Crippen LogP contribution is 2.40. The maximum Gasteiger partial charge on any atom is 0.170 e. The highest BCUT2D eigenvalue weighted by atomic mass is 32.1. The van der Waals surface area contributed by atoms with Crippen LogP contribution in [0.15, 0.2) is 89.8 Å². The van der Waals surface area contributed by atoms with Crippen LogP contribution < -0.4 is 5.32 Å². The van der Waals surface area contributed by atoms with Crippen molar-refractivity contribution < 1.29 is 4.42 Å². The van der Waals surface area contributed by atoms with Gasteiger partial charge in [-0.3, -0.25) is 4.98 Å². The minimum atomic E-state index is -0.0629. The molecule has 0 aliphatic carbocycles. The number of benzene rings is 1. The van der Waals surface area contributed by atoms with E-state index in [9.17, 15) is 0 Å². The van der Waals surface area contributed by atoms with Crippen molar-refractivity contribution in [1.82, 2.24) is 19.8 Å². The van der Waals surface area contributed by atoms with Crippen molar-refractivity contribution in [3.05, 3.63) is 108 Å². The zero-order chi connectivity index (χ0) is 20.5. The molecule has 30 heavy (non-hydrogen) atoms. The molecular weight excluding hydrogens is 392 g/mol. The Kier molecular flexibility index (Phi) is 4.85. The Balaban J connectivity index is 1.61. The molecule has 4 heterocycles. The fourth-order valence-electron chi connectivity index (χ4n) is 4.12. The van der Waals surface area contributed by atoms with Crippen LogP contribution in [-0.4, -0.2) is 19.6 Å². The number of hydrogen-bond acceptors (Lipinski definition) is 3. The predicted molar refractivity (Wildman–Crippen MR) is 120 cm³/mol. The van der Waals surface area contributed by atoms with Crippen LogP contribution in [0.2, 0.25) is 0 Å². The third-order valence-electron chi connectivity index (χ3n) is 5.47. The molecule has 2 atom stereocenters. The third kappa shape index (κ3) is 3.39. The fourth-order valence-corrected chi connectivity index (χ4v) is 4.42. The molecule has 3 aromatic heterocycles. The van der Waals surface area contributed by atoms with Crippen LogP contribution in [0.1, 0.15) is 34.8 Å². The number of nitrogens with one attached hydrogen (secondary N) is 1. The van der Waals surface area contributed by atoms with Gasteiger partial charge >= 0.3 is 0 Å². The van der Waals surface area contributed by atoms with Gasteiger partial charge in [-0.2, -0.15) is 0 Å². The normalized spacial score (nSPS) is 18.6. The summed E-state index contributed by atoms with van der Waals surface area (Å²) in [7, 11) is 0. The molecule has 0 radical (unpaired) electrons. The molecule has 2 unspecified atom stereocenters. The molecule has 5 rings (SSSR count). The molecule has 6 heteroatoms. The van der Waals surface area contributed by atoms with E-state index >= 15 is 0 Å². The highest BCUT2D eigenvalue weighted by molar-refractivity contribution is 7.80. The van der Waals surface area contributed by atoms with E-state index in [1.54, 1.807) is 6.26 Å². The molecule has 1 aliphatic rings. The van der Waals surface area contributed by atoms with Crippen LogP contribution in [0, 0.1) is 6.92 Å². The first kappa shape index (κ1) is 18.6. The lowest BCUT2D eigenvalue weighted by molar-refractivity contribution is 0.280. The van der Waals surface area contributed by atoms with Gasteiger partial charge in [0.2, 0.25) is 0 Å². The Hall–Kier alpha value is -3.38. The van der Waals surface area contributed by atoms with Crippen LogP contribution in [0.5, 0.6) is 0 Å². The second kappa shape index (κ2) is 7.80. The molecule has 1 N–H and O–H groups in total. The van der Waals surface area contributed by atoms with Crippen molar-refractivity contribution in [2.75, 3.05) is 0 Å². The topological polar surface area (TPSA) is 46.2 Å². The first-order chi connectivity index (χ1) is 14.7. The lowest BCUT2D eigenvalue weighted by Gasteiger charge is -2.28. The average molecular weight is 415 g/mol. The van der Waals surface area contributed by atoms with E-state index in [0.29, 0.717) is 11.7 Å². The van der Waals surface area contributed by atoms with Crippen molar-refractivity contribution in [3.8, 4) is 5.69 Å². The van der Waals surface area contributed by atoms with Crippen molar-refractivity contribution in [3.63, 3.8) is 0 Å². The van der Waals surface area contributed by atoms with Crippen molar-refractivity contribution >= 4 is 17.3 Å². The van der Waals surface area contributed by atoms with E-state index < -0.39 is 0 Å². The molecule has 1 saturated heterocycles. The number of aromatic nitrogens is 2. The first-order valence-corrected chi connectivity index (χ1v) is 10.4. The van der Waals surface area contributed by atoms with E-state index in [1.807, 2.05) is 36.5 Å². The van der Waals surface area contributed by atoms with Crippen molar-refractivity contribution in [1.29, 1.82) is 0 Å². The fraction of sp³-hybridized carbons (Fsp3) is 0.167. The quantitative estimate of drug-likeness (QED) is 0.469. The molecule has 0 saturated carbocycles. The van der Waals surface area contributed by atoms with Crippen LogP contribution >= 0.6 is 12.2 Å². The molecule has 5 nitrogen and oxygen atoms in total. The van der Waals surface area contributed by atoms with Crippen LogP contribution in [0.3, 0.4) is 0 Å². The monoisotopic (exact) mass is 414 g/mol. The van der Waals surface area contributed by atoms with Crippen LogP contribution in [0.4, 0.5) is 0 Å². The number of thiocarbonyl (C=S) groups is 1. The lowest BCUT2D eigenvalue weighted by atomic mass is 10.0. The number of nitrogens with zero attached hydrogens (tertiary/aromatic N) is 3. The Morgan fingerprint density at radius 1 is 1.07 bits per heavy atom. The molecule has 1 aromatic carbocycles. The van der Waals surface area contributed by atoms with E-state index in [4.69, 9.17) is 16.6 Å². The summed E-state index contributed by atoms with van der Waals surface area (Å²) in [6.07, 6.45) is 5.63. The third-order valence-corrected chi connectivity index (χ3v) is 5.82. The Bertz CT molecular complexity index is 1150. The van der Waals surface area contributed by atoms with Gasteiger partial charge in [0, 0.05) is 23.8 Å². The SMILES string of the molecule is Cc1cccc(-n2cccc2C2C(c3ccccn3)NC(=S)N2Cc2ccco2)c1. The summed E-state index contributed by atoms with van der Waals surface area (Å²) in [5.74, 6) is 0.875. The van der Waals surface area contributed by atoms with E-state index in [-0.39, 0.29) is 12.1 Å². The van der Waals surface area contributed by atoms with Crippen molar-refractivity contribution in [2.24, 2.45) is 0 Å². The highest BCUT2D eigenvalue weighted by Gasteiger charge is 2.41. The minimum absolute atomic E-state index is 0.0342. The summed E-state index contributed by atoms with van der Waals surface area (Å²) in [6.45, 7) is 2.70. The Morgan fingerprint density at radius 2 is 2.00 bits per heavy atom. The summed E-state index contributed by atoms with van der Waals surface area (Å²) >= 11 is 5.76.